The highest BCUT2D eigenvalue weighted by atomic mass is 32.2. The van der Waals surface area contributed by atoms with E-state index in [1.165, 1.54) is 36.7 Å². The summed E-state index contributed by atoms with van der Waals surface area (Å²) in [5.74, 6) is -0.285. The highest BCUT2D eigenvalue weighted by molar-refractivity contribution is 7.95. The summed E-state index contributed by atoms with van der Waals surface area (Å²) in [7, 11) is -3.67. The lowest BCUT2D eigenvalue weighted by Gasteiger charge is -2.25. The van der Waals surface area contributed by atoms with Gasteiger partial charge in [-0.25, -0.2) is 13.4 Å². The van der Waals surface area contributed by atoms with E-state index in [1.54, 1.807) is 24.3 Å². The van der Waals surface area contributed by atoms with E-state index >= 15 is 0 Å². The van der Waals surface area contributed by atoms with Gasteiger partial charge in [-0.1, -0.05) is 36.8 Å². The minimum absolute atomic E-state index is 0.285. The van der Waals surface area contributed by atoms with Gasteiger partial charge in [0.1, 0.15) is 0 Å². The first-order valence-corrected chi connectivity index (χ1v) is 13.2. The summed E-state index contributed by atoms with van der Waals surface area (Å²) >= 11 is 1.41. The maximum absolute atomic E-state index is 12.6. The van der Waals surface area contributed by atoms with Crippen LogP contribution in [-0.2, 0) is 16.6 Å². The molecule has 4 rings (SSSR count). The lowest BCUT2D eigenvalue weighted by Crippen LogP contribution is -2.29. The summed E-state index contributed by atoms with van der Waals surface area (Å²) in [4.78, 5) is 19.5. The first-order valence-electron chi connectivity index (χ1n) is 10.8. The molecular formula is C24H26N4O3S2. The number of piperidine rings is 1. The number of sulfonamides is 1. The Labute approximate surface area is 198 Å². The van der Waals surface area contributed by atoms with Crippen LogP contribution in [0.2, 0.25) is 0 Å². The van der Waals surface area contributed by atoms with Gasteiger partial charge in [-0.2, -0.15) is 0 Å². The molecule has 1 aliphatic rings. The number of thiazole rings is 1. The molecule has 1 aliphatic heterocycles. The number of amides is 1. The summed E-state index contributed by atoms with van der Waals surface area (Å²) in [5.41, 5.74) is 2.55. The Morgan fingerprint density at radius 2 is 1.76 bits per heavy atom. The average molecular weight is 483 g/mol. The Hall–Kier alpha value is -3.01. The fourth-order valence-electron chi connectivity index (χ4n) is 3.57. The number of hydrogen-bond acceptors (Lipinski definition) is 6. The van der Waals surface area contributed by atoms with Crippen LogP contribution in [0.3, 0.4) is 0 Å². The molecule has 0 aliphatic carbocycles. The molecule has 1 fully saturated rings. The van der Waals surface area contributed by atoms with Gasteiger partial charge in [0.15, 0.2) is 5.13 Å². The van der Waals surface area contributed by atoms with Crippen LogP contribution in [0, 0.1) is 0 Å². The summed E-state index contributed by atoms with van der Waals surface area (Å²) in [6, 6.07) is 15.5. The highest BCUT2D eigenvalue weighted by Crippen LogP contribution is 2.20. The first-order chi connectivity index (χ1) is 16.0. The van der Waals surface area contributed by atoms with Crippen molar-refractivity contribution in [1.82, 2.24) is 9.88 Å². The van der Waals surface area contributed by atoms with Crippen LogP contribution in [0.15, 0.2) is 65.4 Å². The van der Waals surface area contributed by atoms with Crippen molar-refractivity contribution in [1.29, 1.82) is 0 Å². The zero-order valence-electron chi connectivity index (χ0n) is 18.1. The van der Waals surface area contributed by atoms with Crippen molar-refractivity contribution in [2.24, 2.45) is 0 Å². The Morgan fingerprint density at radius 1 is 1.03 bits per heavy atom. The van der Waals surface area contributed by atoms with Crippen molar-refractivity contribution in [2.45, 2.75) is 25.8 Å². The SMILES string of the molecule is O=C(Nc1nc(CN2CCCCC2)cs1)c1ccc(NS(=O)(=O)/C=C/c2ccccc2)cc1. The number of aromatic nitrogens is 1. The van der Waals surface area contributed by atoms with Crippen LogP contribution < -0.4 is 10.0 Å². The van der Waals surface area contributed by atoms with Crippen molar-refractivity contribution < 1.29 is 13.2 Å². The summed E-state index contributed by atoms with van der Waals surface area (Å²) in [6.07, 6.45) is 5.27. The second-order valence-corrected chi connectivity index (χ2v) is 10.3. The molecule has 2 heterocycles. The Bertz CT molecular complexity index is 1200. The normalized spacial score (nSPS) is 14.9. The Kier molecular flexibility index (Phi) is 7.54. The minimum Gasteiger partial charge on any atom is -0.298 e. The molecule has 0 unspecified atom stereocenters. The van der Waals surface area contributed by atoms with Crippen LogP contribution in [0.25, 0.3) is 6.08 Å². The monoisotopic (exact) mass is 482 g/mol. The molecule has 0 spiro atoms. The van der Waals surface area contributed by atoms with Gasteiger partial charge >= 0.3 is 0 Å². The molecule has 2 aromatic carbocycles. The molecule has 7 nitrogen and oxygen atoms in total. The summed E-state index contributed by atoms with van der Waals surface area (Å²) in [5, 5.41) is 6.48. The molecule has 9 heteroatoms. The lowest BCUT2D eigenvalue weighted by atomic mass is 10.1. The third kappa shape index (κ3) is 6.98. The van der Waals surface area contributed by atoms with Crippen LogP contribution in [0.1, 0.15) is 40.9 Å². The predicted octanol–water partition coefficient (Wildman–Crippen LogP) is 4.79. The van der Waals surface area contributed by atoms with Crippen molar-refractivity contribution in [3.05, 3.63) is 82.2 Å². The number of carbonyl (C=O) groups is 1. The van der Waals surface area contributed by atoms with E-state index in [2.05, 4.69) is 19.9 Å². The number of likely N-dealkylation sites (tertiary alicyclic amines) is 1. The second kappa shape index (κ2) is 10.7. The quantitative estimate of drug-likeness (QED) is 0.482. The molecule has 0 radical (unpaired) electrons. The first kappa shape index (κ1) is 23.2. The van der Waals surface area contributed by atoms with Crippen LogP contribution in [-0.4, -0.2) is 37.3 Å². The maximum atomic E-state index is 12.6. The third-order valence-corrected chi connectivity index (χ3v) is 7.07. The molecule has 3 aromatic rings. The van der Waals surface area contributed by atoms with Crippen molar-refractivity contribution >= 4 is 44.2 Å². The van der Waals surface area contributed by atoms with E-state index in [9.17, 15) is 13.2 Å². The van der Waals surface area contributed by atoms with Gasteiger partial charge in [-0.3, -0.25) is 19.7 Å². The maximum Gasteiger partial charge on any atom is 0.257 e. The number of anilines is 2. The smallest absolute Gasteiger partial charge is 0.257 e. The van der Waals surface area contributed by atoms with Gasteiger partial charge in [0, 0.05) is 23.2 Å². The molecule has 0 saturated carbocycles. The molecule has 0 atom stereocenters. The molecule has 2 N–H and O–H groups in total. The zero-order chi connectivity index (χ0) is 23.1. The molecule has 172 valence electrons. The number of hydrogen-bond donors (Lipinski definition) is 2. The van der Waals surface area contributed by atoms with Gasteiger partial charge < -0.3 is 0 Å². The van der Waals surface area contributed by atoms with E-state index in [0.29, 0.717) is 16.4 Å². The fraction of sp³-hybridized carbons (Fsp3) is 0.250. The molecule has 1 amide bonds. The molecular weight excluding hydrogens is 456 g/mol. The number of rotatable bonds is 8. The highest BCUT2D eigenvalue weighted by Gasteiger charge is 2.14. The van der Waals surface area contributed by atoms with Crippen LogP contribution >= 0.6 is 11.3 Å². The largest absolute Gasteiger partial charge is 0.298 e. The lowest BCUT2D eigenvalue weighted by molar-refractivity contribution is 0.102. The average Bonchev–Trinajstić information content (AvgIpc) is 3.26. The van der Waals surface area contributed by atoms with Gasteiger partial charge in [0.25, 0.3) is 15.9 Å². The van der Waals surface area contributed by atoms with E-state index in [1.807, 2.05) is 35.7 Å². The Balaban J connectivity index is 1.32. The predicted molar refractivity (Wildman–Crippen MR) is 134 cm³/mol. The third-order valence-electron chi connectivity index (χ3n) is 5.25. The molecule has 33 heavy (non-hydrogen) atoms. The van der Waals surface area contributed by atoms with Gasteiger partial charge in [0.2, 0.25) is 0 Å². The standard InChI is InChI=1S/C24H26N4O3S2/c29-23(26-24-25-22(18-32-24)17-28-14-5-2-6-15-28)20-9-11-21(12-10-20)27-33(30,31)16-13-19-7-3-1-4-8-19/h1,3-4,7-13,16,18,27H,2,5-6,14-15,17H2,(H,25,26,29)/b16-13+. The molecule has 1 saturated heterocycles. The number of benzene rings is 2. The van der Waals surface area contributed by atoms with E-state index in [0.717, 1.165) is 36.3 Å². The van der Waals surface area contributed by atoms with Crippen LogP contribution in [0.5, 0.6) is 0 Å². The number of nitrogens with zero attached hydrogens (tertiary/aromatic N) is 2. The van der Waals surface area contributed by atoms with Crippen molar-refractivity contribution in [2.75, 3.05) is 23.1 Å². The van der Waals surface area contributed by atoms with Gasteiger partial charge in [-0.05, 0) is 61.8 Å². The Morgan fingerprint density at radius 3 is 2.48 bits per heavy atom. The van der Waals surface area contributed by atoms with E-state index < -0.39 is 10.0 Å². The van der Waals surface area contributed by atoms with Crippen LogP contribution in [0.4, 0.5) is 10.8 Å². The van der Waals surface area contributed by atoms with Gasteiger partial charge in [0.05, 0.1) is 11.1 Å². The summed E-state index contributed by atoms with van der Waals surface area (Å²) < 4.78 is 27.1. The molecule has 0 bridgehead atoms. The zero-order valence-corrected chi connectivity index (χ0v) is 19.7. The molecule has 1 aromatic heterocycles. The number of nitrogens with one attached hydrogen (secondary N) is 2. The minimum atomic E-state index is -3.67. The van der Waals surface area contributed by atoms with E-state index in [-0.39, 0.29) is 5.91 Å². The van der Waals surface area contributed by atoms with Crippen molar-refractivity contribution in [3.8, 4) is 0 Å². The number of carbonyl (C=O) groups excluding carboxylic acids is 1. The van der Waals surface area contributed by atoms with E-state index in [4.69, 9.17) is 0 Å². The summed E-state index contributed by atoms with van der Waals surface area (Å²) in [6.45, 7) is 2.99. The topological polar surface area (TPSA) is 91.4 Å². The van der Waals surface area contributed by atoms with Crippen molar-refractivity contribution in [3.63, 3.8) is 0 Å². The fourth-order valence-corrected chi connectivity index (χ4v) is 5.14. The second-order valence-electron chi connectivity index (χ2n) is 7.87. The van der Waals surface area contributed by atoms with Gasteiger partial charge in [-0.15, -0.1) is 11.3 Å².